The number of aromatic nitrogens is 2. The quantitative estimate of drug-likeness (QED) is 0.462. The van der Waals surface area contributed by atoms with Crippen LogP contribution in [0.25, 0.3) is 10.9 Å². The van der Waals surface area contributed by atoms with E-state index in [1.807, 2.05) is 47.9 Å². The lowest BCUT2D eigenvalue weighted by molar-refractivity contribution is -0.115. The molecule has 0 unspecified atom stereocenters. The van der Waals surface area contributed by atoms with Crippen LogP contribution in [0.1, 0.15) is 38.6 Å². The first kappa shape index (κ1) is 20.5. The Kier molecular flexibility index (Phi) is 6.08. The predicted molar refractivity (Wildman–Crippen MR) is 120 cm³/mol. The fourth-order valence-corrected chi connectivity index (χ4v) is 4.87. The second kappa shape index (κ2) is 8.92. The molecule has 1 atom stereocenters. The number of para-hydroxylation sites is 3. The monoisotopic (exact) mass is 423 g/mol. The van der Waals surface area contributed by atoms with Crippen LogP contribution in [-0.4, -0.2) is 27.8 Å². The summed E-state index contributed by atoms with van der Waals surface area (Å²) in [4.78, 5) is 30.9. The Morgan fingerprint density at radius 3 is 2.63 bits per heavy atom. The molecule has 1 aliphatic rings. The van der Waals surface area contributed by atoms with Gasteiger partial charge in [0.25, 0.3) is 5.56 Å². The topological polar surface area (TPSA) is 73.2 Å². The SMILES string of the molecule is COc1ccccc1NC(=O)[C@@H](C)Sc1nc2ccccc2c(=O)n1C1CCCC1. The van der Waals surface area contributed by atoms with E-state index < -0.39 is 5.25 Å². The number of fused-ring (bicyclic) bond motifs is 1. The number of carbonyl (C=O) groups is 1. The number of rotatable bonds is 6. The summed E-state index contributed by atoms with van der Waals surface area (Å²) >= 11 is 1.33. The summed E-state index contributed by atoms with van der Waals surface area (Å²) in [6, 6.07) is 14.8. The van der Waals surface area contributed by atoms with Crippen molar-refractivity contribution >= 4 is 34.3 Å². The lowest BCUT2D eigenvalue weighted by Gasteiger charge is -2.20. The van der Waals surface area contributed by atoms with Crippen molar-refractivity contribution in [1.82, 2.24) is 9.55 Å². The number of hydrogen-bond acceptors (Lipinski definition) is 5. The van der Waals surface area contributed by atoms with Crippen molar-refractivity contribution in [3.8, 4) is 5.75 Å². The molecule has 30 heavy (non-hydrogen) atoms. The average Bonchev–Trinajstić information content (AvgIpc) is 3.28. The van der Waals surface area contributed by atoms with E-state index in [0.717, 1.165) is 25.7 Å². The van der Waals surface area contributed by atoms with Gasteiger partial charge in [0, 0.05) is 6.04 Å². The third kappa shape index (κ3) is 4.07. The number of thioether (sulfide) groups is 1. The van der Waals surface area contributed by atoms with Gasteiger partial charge in [0.05, 0.1) is 29.0 Å². The fourth-order valence-electron chi connectivity index (χ4n) is 3.89. The van der Waals surface area contributed by atoms with Crippen LogP contribution >= 0.6 is 11.8 Å². The average molecular weight is 424 g/mol. The highest BCUT2D eigenvalue weighted by Crippen LogP contribution is 2.33. The number of hydrogen-bond donors (Lipinski definition) is 1. The number of anilines is 1. The van der Waals surface area contributed by atoms with E-state index in [9.17, 15) is 9.59 Å². The summed E-state index contributed by atoms with van der Waals surface area (Å²) in [6.07, 6.45) is 4.15. The molecule has 1 saturated carbocycles. The number of carbonyl (C=O) groups excluding carboxylic acids is 1. The second-order valence-corrected chi connectivity index (χ2v) is 8.78. The third-order valence-electron chi connectivity index (χ3n) is 5.48. The highest BCUT2D eigenvalue weighted by Gasteiger charge is 2.25. The number of amides is 1. The van der Waals surface area contributed by atoms with E-state index in [-0.39, 0.29) is 17.5 Å². The van der Waals surface area contributed by atoms with E-state index in [1.54, 1.807) is 19.2 Å². The zero-order valence-electron chi connectivity index (χ0n) is 17.1. The summed E-state index contributed by atoms with van der Waals surface area (Å²) in [5, 5.41) is 3.72. The van der Waals surface area contributed by atoms with Crippen molar-refractivity contribution in [1.29, 1.82) is 0 Å². The van der Waals surface area contributed by atoms with Crippen LogP contribution in [0.4, 0.5) is 5.69 Å². The lowest BCUT2D eigenvalue weighted by Crippen LogP contribution is -2.29. The second-order valence-electron chi connectivity index (χ2n) is 7.47. The zero-order valence-corrected chi connectivity index (χ0v) is 17.9. The number of nitrogens with zero attached hydrogens (tertiary/aromatic N) is 2. The summed E-state index contributed by atoms with van der Waals surface area (Å²) < 4.78 is 7.13. The van der Waals surface area contributed by atoms with Crippen molar-refractivity contribution in [2.45, 2.75) is 49.1 Å². The Morgan fingerprint density at radius 1 is 1.17 bits per heavy atom. The molecule has 7 heteroatoms. The predicted octanol–water partition coefficient (Wildman–Crippen LogP) is 4.64. The summed E-state index contributed by atoms with van der Waals surface area (Å²) in [7, 11) is 1.57. The Labute approximate surface area is 179 Å². The van der Waals surface area contributed by atoms with Crippen LogP contribution in [0, 0.1) is 0 Å². The first-order valence-electron chi connectivity index (χ1n) is 10.2. The van der Waals surface area contributed by atoms with Crippen LogP contribution in [0.3, 0.4) is 0 Å². The molecular formula is C23H25N3O3S. The van der Waals surface area contributed by atoms with E-state index in [1.165, 1.54) is 11.8 Å². The van der Waals surface area contributed by atoms with E-state index in [2.05, 4.69) is 5.32 Å². The molecule has 0 spiro atoms. The normalized spacial score (nSPS) is 15.3. The number of methoxy groups -OCH3 is 1. The maximum absolute atomic E-state index is 13.3. The van der Waals surface area contributed by atoms with Crippen molar-refractivity contribution in [3.05, 3.63) is 58.9 Å². The Hall–Kier alpha value is -2.80. The molecule has 1 amide bonds. The summed E-state index contributed by atoms with van der Waals surface area (Å²) in [6.45, 7) is 1.83. The van der Waals surface area contributed by atoms with Crippen LogP contribution in [-0.2, 0) is 4.79 Å². The molecule has 6 nitrogen and oxygen atoms in total. The minimum Gasteiger partial charge on any atom is -0.495 e. The Bertz CT molecular complexity index is 1120. The third-order valence-corrected chi connectivity index (χ3v) is 6.55. The van der Waals surface area contributed by atoms with Gasteiger partial charge in [0.1, 0.15) is 5.75 Å². The maximum atomic E-state index is 13.3. The van der Waals surface area contributed by atoms with Gasteiger partial charge in [-0.1, -0.05) is 48.9 Å². The molecule has 0 radical (unpaired) electrons. The molecule has 2 aromatic carbocycles. The molecule has 156 valence electrons. The van der Waals surface area contributed by atoms with Crippen LogP contribution in [0.5, 0.6) is 5.75 Å². The van der Waals surface area contributed by atoms with Gasteiger partial charge in [-0.2, -0.15) is 0 Å². The van der Waals surface area contributed by atoms with Gasteiger partial charge in [0.2, 0.25) is 5.91 Å². The molecule has 1 aliphatic carbocycles. The Balaban J connectivity index is 1.64. The highest BCUT2D eigenvalue weighted by molar-refractivity contribution is 8.00. The largest absolute Gasteiger partial charge is 0.495 e. The molecule has 3 aromatic rings. The van der Waals surface area contributed by atoms with Gasteiger partial charge in [-0.15, -0.1) is 0 Å². The fraction of sp³-hybridized carbons (Fsp3) is 0.348. The lowest BCUT2D eigenvalue weighted by atomic mass is 10.2. The number of ether oxygens (including phenoxy) is 1. The molecule has 1 N–H and O–H groups in total. The maximum Gasteiger partial charge on any atom is 0.262 e. The number of benzene rings is 2. The van der Waals surface area contributed by atoms with Gasteiger partial charge in [0.15, 0.2) is 5.16 Å². The van der Waals surface area contributed by atoms with E-state index in [4.69, 9.17) is 9.72 Å². The minimum absolute atomic E-state index is 0.0210. The van der Waals surface area contributed by atoms with Gasteiger partial charge in [-0.3, -0.25) is 14.2 Å². The number of nitrogens with one attached hydrogen (secondary N) is 1. The van der Waals surface area contributed by atoms with Crippen molar-refractivity contribution in [2.24, 2.45) is 0 Å². The van der Waals surface area contributed by atoms with Gasteiger partial charge in [-0.05, 0) is 44.0 Å². The standard InChI is InChI=1S/C23H25N3O3S/c1-15(21(27)24-19-13-7-8-14-20(19)29-2)30-23-25-18-12-6-5-11-17(18)22(28)26(23)16-9-3-4-10-16/h5-8,11-16H,3-4,9-10H2,1-2H3,(H,24,27)/t15-/m1/s1. The van der Waals surface area contributed by atoms with Crippen LogP contribution in [0.2, 0.25) is 0 Å². The van der Waals surface area contributed by atoms with Gasteiger partial charge < -0.3 is 10.1 Å². The molecule has 1 heterocycles. The molecule has 0 saturated heterocycles. The van der Waals surface area contributed by atoms with Crippen LogP contribution in [0.15, 0.2) is 58.5 Å². The zero-order chi connectivity index (χ0) is 21.1. The van der Waals surface area contributed by atoms with Crippen molar-refractivity contribution in [2.75, 3.05) is 12.4 Å². The van der Waals surface area contributed by atoms with E-state index in [0.29, 0.717) is 27.5 Å². The van der Waals surface area contributed by atoms with Gasteiger partial charge >= 0.3 is 0 Å². The summed E-state index contributed by atoms with van der Waals surface area (Å²) in [5.41, 5.74) is 1.26. The first-order chi connectivity index (χ1) is 14.6. The van der Waals surface area contributed by atoms with Crippen molar-refractivity contribution in [3.63, 3.8) is 0 Å². The smallest absolute Gasteiger partial charge is 0.262 e. The first-order valence-corrected chi connectivity index (χ1v) is 11.1. The van der Waals surface area contributed by atoms with Crippen LogP contribution < -0.4 is 15.6 Å². The highest BCUT2D eigenvalue weighted by atomic mass is 32.2. The minimum atomic E-state index is -0.435. The van der Waals surface area contributed by atoms with Crippen molar-refractivity contribution < 1.29 is 9.53 Å². The molecule has 4 rings (SSSR count). The van der Waals surface area contributed by atoms with Gasteiger partial charge in [-0.25, -0.2) is 4.98 Å². The molecule has 1 fully saturated rings. The van der Waals surface area contributed by atoms with E-state index >= 15 is 0 Å². The molecular weight excluding hydrogens is 398 g/mol. The molecule has 0 aliphatic heterocycles. The Morgan fingerprint density at radius 2 is 1.87 bits per heavy atom. The molecule has 1 aromatic heterocycles. The summed E-state index contributed by atoms with van der Waals surface area (Å²) in [5.74, 6) is 0.444. The molecule has 0 bridgehead atoms.